The molecule has 0 bridgehead atoms. The molecule has 0 spiro atoms. The van der Waals surface area contributed by atoms with Gasteiger partial charge in [0.2, 0.25) is 0 Å². The normalized spacial score (nSPS) is 22.1. The van der Waals surface area contributed by atoms with Crippen LogP contribution in [0.5, 0.6) is 0 Å². The van der Waals surface area contributed by atoms with Gasteiger partial charge >= 0.3 is 5.97 Å². The Hall–Kier alpha value is -2.44. The predicted molar refractivity (Wildman–Crippen MR) is 71.2 cm³/mol. The van der Waals surface area contributed by atoms with Gasteiger partial charge in [0.05, 0.1) is 12.7 Å². The van der Waals surface area contributed by atoms with E-state index in [0.717, 1.165) is 6.42 Å². The summed E-state index contributed by atoms with van der Waals surface area (Å²) in [5.41, 5.74) is -1.01. The Balaban J connectivity index is 1.98. The molecule has 7 heteroatoms. The lowest BCUT2D eigenvalue weighted by Gasteiger charge is -2.35. The van der Waals surface area contributed by atoms with Gasteiger partial charge in [0, 0.05) is 31.3 Å². The lowest BCUT2D eigenvalue weighted by atomic mass is 9.96. The lowest BCUT2D eigenvalue weighted by molar-refractivity contribution is -0.143. The number of nitrogens with zero attached hydrogens (tertiary/aromatic N) is 5. The van der Waals surface area contributed by atoms with Crippen LogP contribution in [0.15, 0.2) is 37.1 Å². The molecular weight excluding hydrogens is 258 g/mol. The molecule has 3 rings (SSSR count). The van der Waals surface area contributed by atoms with Crippen LogP contribution in [0.2, 0.25) is 0 Å². The SMILES string of the molecule is O=C(O)C1(Cn2cccn2)CCCN1c1cnccn1. The fourth-order valence-electron chi connectivity index (χ4n) is 2.76. The molecule has 1 saturated heterocycles. The summed E-state index contributed by atoms with van der Waals surface area (Å²) in [6.45, 7) is 0.957. The maximum atomic E-state index is 11.9. The minimum absolute atomic E-state index is 0.298. The van der Waals surface area contributed by atoms with Crippen LogP contribution in [0.25, 0.3) is 0 Å². The van der Waals surface area contributed by atoms with E-state index in [0.29, 0.717) is 25.3 Å². The van der Waals surface area contributed by atoms with Crippen LogP contribution in [-0.4, -0.2) is 42.9 Å². The van der Waals surface area contributed by atoms with Gasteiger partial charge in [-0.3, -0.25) is 9.67 Å². The van der Waals surface area contributed by atoms with E-state index in [1.54, 1.807) is 41.7 Å². The molecule has 0 amide bonds. The lowest BCUT2D eigenvalue weighted by Crippen LogP contribution is -2.54. The van der Waals surface area contributed by atoms with Gasteiger partial charge in [-0.1, -0.05) is 0 Å². The Morgan fingerprint density at radius 1 is 1.40 bits per heavy atom. The number of carboxylic acid groups (broad SMARTS) is 1. The van der Waals surface area contributed by atoms with Crippen molar-refractivity contribution in [3.05, 3.63) is 37.1 Å². The molecule has 1 aliphatic heterocycles. The third-order valence-electron chi connectivity index (χ3n) is 3.70. The fourth-order valence-corrected chi connectivity index (χ4v) is 2.76. The number of rotatable bonds is 4. The fraction of sp³-hybridized carbons (Fsp3) is 0.385. The number of carbonyl (C=O) groups is 1. The zero-order valence-corrected chi connectivity index (χ0v) is 10.9. The highest BCUT2D eigenvalue weighted by molar-refractivity contribution is 5.84. The van der Waals surface area contributed by atoms with Crippen molar-refractivity contribution in [2.45, 2.75) is 24.9 Å². The van der Waals surface area contributed by atoms with E-state index in [1.165, 1.54) is 0 Å². The molecule has 20 heavy (non-hydrogen) atoms. The number of hydrogen-bond acceptors (Lipinski definition) is 5. The molecule has 0 aliphatic carbocycles. The quantitative estimate of drug-likeness (QED) is 0.887. The standard InChI is InChI=1S/C13H15N5O2/c19-12(20)13(10-17-7-2-4-16-17)3-1-8-18(13)11-9-14-5-6-15-11/h2,4-7,9H,1,3,8,10H2,(H,19,20). The summed E-state index contributed by atoms with van der Waals surface area (Å²) >= 11 is 0. The topological polar surface area (TPSA) is 84.1 Å². The highest BCUT2D eigenvalue weighted by Crippen LogP contribution is 2.34. The molecular formula is C13H15N5O2. The van der Waals surface area contributed by atoms with E-state index in [-0.39, 0.29) is 0 Å². The van der Waals surface area contributed by atoms with Crippen molar-refractivity contribution in [3.63, 3.8) is 0 Å². The zero-order chi connectivity index (χ0) is 14.0. The van der Waals surface area contributed by atoms with Gasteiger partial charge in [-0.05, 0) is 18.9 Å². The molecule has 1 fully saturated rings. The Labute approximate surface area is 115 Å². The highest BCUT2D eigenvalue weighted by Gasteiger charge is 2.49. The van der Waals surface area contributed by atoms with Gasteiger partial charge in [-0.2, -0.15) is 5.10 Å². The monoisotopic (exact) mass is 273 g/mol. The van der Waals surface area contributed by atoms with Crippen molar-refractivity contribution >= 4 is 11.8 Å². The number of carboxylic acids is 1. The zero-order valence-electron chi connectivity index (χ0n) is 10.9. The predicted octanol–water partition coefficient (Wildman–Crippen LogP) is 0.797. The maximum Gasteiger partial charge on any atom is 0.331 e. The van der Waals surface area contributed by atoms with Crippen molar-refractivity contribution in [1.82, 2.24) is 19.7 Å². The molecule has 3 heterocycles. The molecule has 1 N–H and O–H groups in total. The molecule has 7 nitrogen and oxygen atoms in total. The van der Waals surface area contributed by atoms with Gasteiger partial charge in [0.15, 0.2) is 5.54 Å². The summed E-state index contributed by atoms with van der Waals surface area (Å²) in [6, 6.07) is 1.79. The van der Waals surface area contributed by atoms with Crippen LogP contribution < -0.4 is 4.90 Å². The number of aromatic nitrogens is 4. The Bertz CT molecular complexity index is 586. The minimum atomic E-state index is -1.01. The van der Waals surface area contributed by atoms with Crippen molar-refractivity contribution < 1.29 is 9.90 Å². The molecule has 2 aromatic heterocycles. The average molecular weight is 273 g/mol. The average Bonchev–Trinajstić information content (AvgIpc) is 3.10. The van der Waals surface area contributed by atoms with Crippen LogP contribution in [-0.2, 0) is 11.3 Å². The molecule has 0 saturated carbocycles. The summed E-state index contributed by atoms with van der Waals surface area (Å²) < 4.78 is 1.66. The van der Waals surface area contributed by atoms with Crippen LogP contribution in [0, 0.1) is 0 Å². The van der Waals surface area contributed by atoms with Crippen molar-refractivity contribution in [3.8, 4) is 0 Å². The molecule has 1 unspecified atom stereocenters. The van der Waals surface area contributed by atoms with E-state index in [2.05, 4.69) is 15.1 Å². The molecule has 104 valence electrons. The van der Waals surface area contributed by atoms with Crippen LogP contribution >= 0.6 is 0 Å². The number of anilines is 1. The molecule has 0 aromatic carbocycles. The van der Waals surface area contributed by atoms with Gasteiger partial charge in [0.25, 0.3) is 0 Å². The smallest absolute Gasteiger partial charge is 0.331 e. The Morgan fingerprint density at radius 3 is 2.95 bits per heavy atom. The van der Waals surface area contributed by atoms with Crippen molar-refractivity contribution in [2.24, 2.45) is 0 Å². The third kappa shape index (κ3) is 2.01. The summed E-state index contributed by atoms with van der Waals surface area (Å²) in [6.07, 6.45) is 9.56. The Morgan fingerprint density at radius 2 is 2.30 bits per heavy atom. The molecule has 1 atom stereocenters. The second-order valence-electron chi connectivity index (χ2n) is 4.86. The van der Waals surface area contributed by atoms with Gasteiger partial charge < -0.3 is 10.0 Å². The number of hydrogen-bond donors (Lipinski definition) is 1. The summed E-state index contributed by atoms with van der Waals surface area (Å²) in [7, 11) is 0. The van der Waals surface area contributed by atoms with Crippen molar-refractivity contribution in [1.29, 1.82) is 0 Å². The highest BCUT2D eigenvalue weighted by atomic mass is 16.4. The van der Waals surface area contributed by atoms with Gasteiger partial charge in [-0.25, -0.2) is 9.78 Å². The van der Waals surface area contributed by atoms with Crippen LogP contribution in [0.4, 0.5) is 5.82 Å². The van der Waals surface area contributed by atoms with E-state index >= 15 is 0 Å². The van der Waals surface area contributed by atoms with Crippen LogP contribution in [0.3, 0.4) is 0 Å². The Kier molecular flexibility index (Phi) is 3.09. The minimum Gasteiger partial charge on any atom is -0.479 e. The van der Waals surface area contributed by atoms with E-state index in [1.807, 2.05) is 4.90 Å². The first kappa shape index (κ1) is 12.6. The van der Waals surface area contributed by atoms with E-state index in [9.17, 15) is 9.90 Å². The first-order valence-electron chi connectivity index (χ1n) is 6.47. The summed E-state index contributed by atoms with van der Waals surface area (Å²) in [5.74, 6) is -0.254. The molecule has 2 aromatic rings. The second-order valence-corrected chi connectivity index (χ2v) is 4.86. The largest absolute Gasteiger partial charge is 0.479 e. The van der Waals surface area contributed by atoms with Crippen LogP contribution in [0.1, 0.15) is 12.8 Å². The van der Waals surface area contributed by atoms with Gasteiger partial charge in [-0.15, -0.1) is 0 Å². The first-order valence-corrected chi connectivity index (χ1v) is 6.47. The van der Waals surface area contributed by atoms with E-state index < -0.39 is 11.5 Å². The molecule has 0 radical (unpaired) electrons. The first-order chi connectivity index (χ1) is 9.72. The molecule has 1 aliphatic rings. The third-order valence-corrected chi connectivity index (χ3v) is 3.70. The number of aliphatic carboxylic acids is 1. The van der Waals surface area contributed by atoms with Crippen molar-refractivity contribution in [2.75, 3.05) is 11.4 Å². The van der Waals surface area contributed by atoms with Gasteiger partial charge in [0.1, 0.15) is 5.82 Å². The summed E-state index contributed by atoms with van der Waals surface area (Å²) in [5, 5.41) is 13.9. The van der Waals surface area contributed by atoms with E-state index in [4.69, 9.17) is 0 Å². The second kappa shape index (κ2) is 4.92. The summed E-state index contributed by atoms with van der Waals surface area (Å²) in [4.78, 5) is 22.0. The maximum absolute atomic E-state index is 11.9.